The van der Waals surface area contributed by atoms with Gasteiger partial charge in [0.25, 0.3) is 0 Å². The van der Waals surface area contributed by atoms with Crippen molar-refractivity contribution in [3.63, 3.8) is 0 Å². The highest BCUT2D eigenvalue weighted by molar-refractivity contribution is 5.74. The highest BCUT2D eigenvalue weighted by atomic mass is 16.4. The Morgan fingerprint density at radius 3 is 2.53 bits per heavy atom. The highest BCUT2D eigenvalue weighted by Crippen LogP contribution is 2.36. The lowest BCUT2D eigenvalue weighted by Crippen LogP contribution is -2.44. The van der Waals surface area contributed by atoms with E-state index in [-0.39, 0.29) is 23.9 Å². The number of carboxylic acids is 1. The molecule has 0 aromatic heterocycles. The van der Waals surface area contributed by atoms with Gasteiger partial charge in [-0.15, -0.1) is 0 Å². The van der Waals surface area contributed by atoms with Gasteiger partial charge < -0.3 is 15.7 Å². The van der Waals surface area contributed by atoms with Gasteiger partial charge in [0, 0.05) is 19.0 Å². The van der Waals surface area contributed by atoms with Gasteiger partial charge in [0.05, 0.1) is 0 Å². The minimum atomic E-state index is -0.786. The summed E-state index contributed by atoms with van der Waals surface area (Å²) in [4.78, 5) is 22.1. The van der Waals surface area contributed by atoms with Gasteiger partial charge in [0.1, 0.15) is 0 Å². The quantitative estimate of drug-likeness (QED) is 0.665. The second kappa shape index (κ2) is 7.36. The SMILES string of the molecule is CC(CCCC(=O)O)NC(=O)NCC1(C)CCCC1. The Morgan fingerprint density at radius 2 is 1.95 bits per heavy atom. The summed E-state index contributed by atoms with van der Waals surface area (Å²) in [5, 5.41) is 14.3. The molecule has 1 fully saturated rings. The number of aliphatic carboxylic acids is 1. The molecule has 0 heterocycles. The van der Waals surface area contributed by atoms with Crippen LogP contribution in [0.1, 0.15) is 58.8 Å². The predicted octanol–water partition coefficient (Wildman–Crippen LogP) is 2.51. The van der Waals surface area contributed by atoms with Crippen LogP contribution < -0.4 is 10.6 Å². The van der Waals surface area contributed by atoms with Crippen molar-refractivity contribution in [1.29, 1.82) is 0 Å². The van der Waals surface area contributed by atoms with Crippen molar-refractivity contribution < 1.29 is 14.7 Å². The number of nitrogens with one attached hydrogen (secondary N) is 2. The summed E-state index contributed by atoms with van der Waals surface area (Å²) in [5.74, 6) is -0.786. The fourth-order valence-electron chi connectivity index (χ4n) is 2.61. The Balaban J connectivity index is 2.14. The lowest BCUT2D eigenvalue weighted by molar-refractivity contribution is -0.137. The molecule has 0 radical (unpaired) electrons. The standard InChI is InChI=1S/C14H26N2O3/c1-11(6-5-7-12(17)18)16-13(19)15-10-14(2)8-3-4-9-14/h11H,3-10H2,1-2H3,(H,17,18)(H2,15,16,19). The number of carbonyl (C=O) groups is 2. The first-order chi connectivity index (χ1) is 8.91. The van der Waals surface area contributed by atoms with E-state index in [0.29, 0.717) is 12.8 Å². The van der Waals surface area contributed by atoms with Crippen molar-refractivity contribution in [2.75, 3.05) is 6.54 Å². The second-order valence-electron chi connectivity index (χ2n) is 6.03. The molecule has 0 spiro atoms. The van der Waals surface area contributed by atoms with Gasteiger partial charge in [0.15, 0.2) is 0 Å². The van der Waals surface area contributed by atoms with E-state index in [2.05, 4.69) is 17.6 Å². The summed E-state index contributed by atoms with van der Waals surface area (Å²) in [7, 11) is 0. The third-order valence-electron chi connectivity index (χ3n) is 3.89. The molecular weight excluding hydrogens is 244 g/mol. The van der Waals surface area contributed by atoms with E-state index >= 15 is 0 Å². The molecule has 19 heavy (non-hydrogen) atoms. The fourth-order valence-corrected chi connectivity index (χ4v) is 2.61. The molecule has 0 bridgehead atoms. The van der Waals surface area contributed by atoms with Gasteiger partial charge in [-0.05, 0) is 38.0 Å². The Hall–Kier alpha value is -1.26. The molecule has 1 saturated carbocycles. The molecule has 110 valence electrons. The molecule has 0 saturated heterocycles. The normalized spacial score (nSPS) is 18.8. The topological polar surface area (TPSA) is 78.4 Å². The second-order valence-corrected chi connectivity index (χ2v) is 6.03. The molecule has 3 N–H and O–H groups in total. The first-order valence-electron chi connectivity index (χ1n) is 7.17. The molecule has 0 aromatic carbocycles. The van der Waals surface area contributed by atoms with E-state index in [1.54, 1.807) is 0 Å². The van der Waals surface area contributed by atoms with Crippen molar-refractivity contribution >= 4 is 12.0 Å². The van der Waals surface area contributed by atoms with Crippen LogP contribution in [-0.2, 0) is 4.79 Å². The molecule has 5 nitrogen and oxygen atoms in total. The fraction of sp³-hybridized carbons (Fsp3) is 0.857. The van der Waals surface area contributed by atoms with Crippen LogP contribution in [0.3, 0.4) is 0 Å². The van der Waals surface area contributed by atoms with Gasteiger partial charge >= 0.3 is 12.0 Å². The van der Waals surface area contributed by atoms with Gasteiger partial charge in [0.2, 0.25) is 0 Å². The summed E-state index contributed by atoms with van der Waals surface area (Å²) < 4.78 is 0. The number of carbonyl (C=O) groups excluding carboxylic acids is 1. The molecule has 1 atom stereocenters. The Morgan fingerprint density at radius 1 is 1.32 bits per heavy atom. The smallest absolute Gasteiger partial charge is 0.315 e. The predicted molar refractivity (Wildman–Crippen MR) is 74.1 cm³/mol. The van der Waals surface area contributed by atoms with Crippen molar-refractivity contribution in [1.82, 2.24) is 10.6 Å². The maximum atomic E-state index is 11.7. The van der Waals surface area contributed by atoms with Crippen molar-refractivity contribution in [2.24, 2.45) is 5.41 Å². The summed E-state index contributed by atoms with van der Waals surface area (Å²) in [5.41, 5.74) is 0.254. The largest absolute Gasteiger partial charge is 0.481 e. The van der Waals surface area contributed by atoms with E-state index in [1.807, 2.05) is 6.92 Å². The van der Waals surface area contributed by atoms with E-state index < -0.39 is 5.97 Å². The van der Waals surface area contributed by atoms with Crippen LogP contribution >= 0.6 is 0 Å². The zero-order chi connectivity index (χ0) is 14.3. The van der Waals surface area contributed by atoms with Crippen LogP contribution in [-0.4, -0.2) is 29.7 Å². The summed E-state index contributed by atoms with van der Waals surface area (Å²) in [6.45, 7) is 4.84. The van der Waals surface area contributed by atoms with Gasteiger partial charge in [-0.1, -0.05) is 19.8 Å². The molecule has 0 aromatic rings. The molecule has 5 heteroatoms. The van der Waals surface area contributed by atoms with Gasteiger partial charge in [-0.2, -0.15) is 0 Å². The lowest BCUT2D eigenvalue weighted by Gasteiger charge is -2.24. The first kappa shape index (κ1) is 15.8. The van der Waals surface area contributed by atoms with Gasteiger partial charge in [-0.25, -0.2) is 4.79 Å². The number of rotatable bonds is 7. The number of hydrogen-bond acceptors (Lipinski definition) is 2. The zero-order valence-corrected chi connectivity index (χ0v) is 12.0. The molecule has 0 aliphatic heterocycles. The number of hydrogen-bond donors (Lipinski definition) is 3. The van der Waals surface area contributed by atoms with Crippen LogP contribution in [0.2, 0.25) is 0 Å². The minimum absolute atomic E-state index is 0.00994. The number of carboxylic acid groups (broad SMARTS) is 1. The number of amides is 2. The van der Waals surface area contributed by atoms with Crippen LogP contribution in [0.4, 0.5) is 4.79 Å². The Labute approximate surface area is 115 Å². The van der Waals surface area contributed by atoms with Crippen molar-refractivity contribution in [3.8, 4) is 0 Å². The van der Waals surface area contributed by atoms with Crippen molar-refractivity contribution in [3.05, 3.63) is 0 Å². The third kappa shape index (κ3) is 6.45. The van der Waals surface area contributed by atoms with Gasteiger partial charge in [-0.3, -0.25) is 4.79 Å². The van der Waals surface area contributed by atoms with E-state index in [4.69, 9.17) is 5.11 Å². The van der Waals surface area contributed by atoms with Crippen LogP contribution in [0, 0.1) is 5.41 Å². The minimum Gasteiger partial charge on any atom is -0.481 e. The lowest BCUT2D eigenvalue weighted by atomic mass is 9.89. The van der Waals surface area contributed by atoms with E-state index in [9.17, 15) is 9.59 Å². The van der Waals surface area contributed by atoms with E-state index in [0.717, 1.165) is 6.54 Å². The third-order valence-corrected chi connectivity index (χ3v) is 3.89. The van der Waals surface area contributed by atoms with E-state index in [1.165, 1.54) is 25.7 Å². The average Bonchev–Trinajstić information content (AvgIpc) is 2.74. The maximum absolute atomic E-state index is 11.7. The molecule has 2 amide bonds. The molecule has 1 rings (SSSR count). The molecule has 1 aliphatic carbocycles. The van der Waals surface area contributed by atoms with Crippen LogP contribution in [0.25, 0.3) is 0 Å². The highest BCUT2D eigenvalue weighted by Gasteiger charge is 2.28. The summed E-state index contributed by atoms with van der Waals surface area (Å²) in [6, 6.07) is -0.133. The van der Waals surface area contributed by atoms with Crippen molar-refractivity contribution in [2.45, 2.75) is 64.8 Å². The summed E-state index contributed by atoms with van der Waals surface area (Å²) in [6.07, 6.45) is 6.32. The molecular formula is C14H26N2O3. The monoisotopic (exact) mass is 270 g/mol. The molecule has 1 unspecified atom stereocenters. The maximum Gasteiger partial charge on any atom is 0.315 e. The zero-order valence-electron chi connectivity index (χ0n) is 12.0. The first-order valence-corrected chi connectivity index (χ1v) is 7.17. The average molecular weight is 270 g/mol. The number of urea groups is 1. The summed E-state index contributed by atoms with van der Waals surface area (Å²) >= 11 is 0. The Bertz CT molecular complexity index is 312. The van der Waals surface area contributed by atoms with Crippen LogP contribution in [0.15, 0.2) is 0 Å². The Kier molecular flexibility index (Phi) is 6.12. The van der Waals surface area contributed by atoms with Crippen LogP contribution in [0.5, 0.6) is 0 Å². The molecule has 1 aliphatic rings.